The zero-order chi connectivity index (χ0) is 51.5. The topological polar surface area (TPSA) is 364 Å². The highest BCUT2D eigenvalue weighted by atomic mass is 16.7. The number of aliphatic hydroxyl groups is 5. The number of phenolic OH excluding ortho intramolecular Hbond substituents is 3. The largest absolute Gasteiger partial charge is 0.507 e. The summed E-state index contributed by atoms with van der Waals surface area (Å²) in [7, 11) is 2.56. The summed E-state index contributed by atoms with van der Waals surface area (Å²) in [6, 6.07) is 10.3. The third-order valence-corrected chi connectivity index (χ3v) is 13.1. The summed E-state index contributed by atoms with van der Waals surface area (Å²) in [5.74, 6) is -7.15. The first-order chi connectivity index (χ1) is 33.7. The maximum Gasteiger partial charge on any atom is 0.410 e. The fourth-order valence-corrected chi connectivity index (χ4v) is 9.48. The van der Waals surface area contributed by atoms with E-state index in [1.54, 1.807) is 30.3 Å². The van der Waals surface area contributed by atoms with Crippen molar-refractivity contribution >= 4 is 29.5 Å². The van der Waals surface area contributed by atoms with Crippen molar-refractivity contribution in [3.8, 4) is 34.1 Å². The van der Waals surface area contributed by atoms with E-state index in [4.69, 9.17) is 34.2 Å². The van der Waals surface area contributed by atoms with Crippen molar-refractivity contribution in [2.24, 2.45) is 5.73 Å². The number of nitrogens with zero attached hydrogens (tertiary/aromatic N) is 1. The van der Waals surface area contributed by atoms with Crippen LogP contribution in [0.15, 0.2) is 54.6 Å². The molecule has 4 aromatic carbocycles. The minimum absolute atomic E-state index is 0.0150. The van der Waals surface area contributed by atoms with Crippen LogP contribution in [0.3, 0.4) is 0 Å². The number of phenols is 3. The van der Waals surface area contributed by atoms with Crippen LogP contribution in [-0.4, -0.2) is 169 Å². The molecule has 0 saturated carbocycles. The normalized spacial score (nSPS) is 27.0. The molecule has 0 spiro atoms. The van der Waals surface area contributed by atoms with Crippen LogP contribution in [0.1, 0.15) is 83.6 Å². The number of hydrogen-bond donors (Lipinski definition) is 11. The third-order valence-electron chi connectivity index (χ3n) is 13.1. The van der Waals surface area contributed by atoms with Crippen molar-refractivity contribution < 1.29 is 98.4 Å². The van der Waals surface area contributed by atoms with Crippen LogP contribution in [0.25, 0.3) is 11.1 Å². The molecular weight excluding hydrogens is 939 g/mol. The summed E-state index contributed by atoms with van der Waals surface area (Å²) in [4.78, 5) is 68.8. The number of aliphatic carboxylic acids is 1. The van der Waals surface area contributed by atoms with E-state index in [1.807, 2.05) is 0 Å². The molecule has 71 heavy (non-hydrogen) atoms. The molecule has 2 heterocycles. The van der Waals surface area contributed by atoms with Crippen molar-refractivity contribution in [2.75, 3.05) is 27.3 Å². The number of carbonyl (C=O) groups excluding carboxylic acids is 4. The lowest BCUT2D eigenvalue weighted by Gasteiger charge is -2.49. The standard InChI is InChI=1S/C48H51N3O20/c1-17-10-24-31(38(58)28(17)44(62)50-25(14-49)45(63)64)30-22(13-23-32(39(30)59)35(55)21-11-20(66-4)12-26(52)29(21)34(23)54)36(56)42(24)70-47-41(61)43(71-46-40(60)37(57)27(53)16-67-46)33(18(2)69-47)51(3)48(65)68-15-19-8-6-5-7-9-19/h5-13,18,25,27,33,36-37,40-43,46-47,52-53,56-61H,14-16,49H2,1-4H3,(H,50,62)(H,63,64)/t18-,25+,27-,33+,36+,37+,40-,41-,42+,43+,46+,47+/m1/s1. The number of nitrogens with one attached hydrogen (secondary N) is 1. The van der Waals surface area contributed by atoms with Gasteiger partial charge in [0.2, 0.25) is 0 Å². The summed E-state index contributed by atoms with van der Waals surface area (Å²) < 4.78 is 35.0. The quantitative estimate of drug-likeness (QED) is 0.0804. The number of carboxylic acids is 1. The number of nitrogens with two attached hydrogens (primary N) is 1. The number of amides is 2. The van der Waals surface area contributed by atoms with E-state index >= 15 is 0 Å². The lowest BCUT2D eigenvalue weighted by atomic mass is 9.74. The maximum absolute atomic E-state index is 14.2. The molecule has 12 N–H and O–H groups in total. The number of rotatable bonds is 12. The molecule has 2 amide bonds. The summed E-state index contributed by atoms with van der Waals surface area (Å²) in [6.45, 7) is 1.56. The van der Waals surface area contributed by atoms with E-state index in [2.05, 4.69) is 5.32 Å². The van der Waals surface area contributed by atoms with Crippen LogP contribution in [0.2, 0.25) is 0 Å². The number of aliphatic hydroxyl groups excluding tert-OH is 5. The number of aromatic hydroxyl groups is 3. The van der Waals surface area contributed by atoms with Gasteiger partial charge in [0, 0.05) is 41.9 Å². The summed E-state index contributed by atoms with van der Waals surface area (Å²) in [5, 5.41) is 103. The predicted octanol–water partition coefficient (Wildman–Crippen LogP) is 0.376. The molecule has 0 unspecified atom stereocenters. The summed E-state index contributed by atoms with van der Waals surface area (Å²) in [5.41, 5.74) is 2.19. The number of aryl methyl sites for hydroxylation is 1. The highest BCUT2D eigenvalue weighted by Gasteiger charge is 2.53. The zero-order valence-electron chi connectivity index (χ0n) is 38.3. The molecule has 0 aromatic heterocycles. The van der Waals surface area contributed by atoms with Gasteiger partial charge >= 0.3 is 12.1 Å². The molecule has 12 atom stereocenters. The Balaban J connectivity index is 1.23. The minimum Gasteiger partial charge on any atom is -0.507 e. The number of ketones is 2. The maximum atomic E-state index is 14.2. The van der Waals surface area contributed by atoms with Crippen LogP contribution in [0.5, 0.6) is 23.0 Å². The lowest BCUT2D eigenvalue weighted by molar-refractivity contribution is -0.344. The van der Waals surface area contributed by atoms with E-state index in [9.17, 15) is 69.9 Å². The van der Waals surface area contributed by atoms with E-state index in [0.717, 1.165) is 17.0 Å². The van der Waals surface area contributed by atoms with Gasteiger partial charge in [-0.15, -0.1) is 0 Å². The molecule has 378 valence electrons. The van der Waals surface area contributed by atoms with Crippen LogP contribution >= 0.6 is 0 Å². The highest BCUT2D eigenvalue weighted by molar-refractivity contribution is 6.31. The summed E-state index contributed by atoms with van der Waals surface area (Å²) in [6.07, 6.45) is -18.4. The van der Waals surface area contributed by atoms with Crippen molar-refractivity contribution in [2.45, 2.75) is 93.9 Å². The van der Waals surface area contributed by atoms with Crippen molar-refractivity contribution in [3.63, 3.8) is 0 Å². The van der Waals surface area contributed by atoms with E-state index in [-0.39, 0.29) is 34.6 Å². The molecular formula is C48H51N3O20. The molecule has 4 aliphatic rings. The van der Waals surface area contributed by atoms with Gasteiger partial charge in [0.25, 0.3) is 5.91 Å². The minimum atomic E-state index is -2.02. The average Bonchev–Trinajstić information content (AvgIpc) is 3.33. The molecule has 2 aliphatic carbocycles. The lowest BCUT2D eigenvalue weighted by Crippen LogP contribution is -2.66. The Morgan fingerprint density at radius 2 is 1.51 bits per heavy atom. The first kappa shape index (κ1) is 50.6. The van der Waals surface area contributed by atoms with E-state index in [0.29, 0.717) is 5.56 Å². The Morgan fingerprint density at radius 3 is 2.17 bits per heavy atom. The molecule has 4 aromatic rings. The zero-order valence-corrected chi connectivity index (χ0v) is 38.3. The monoisotopic (exact) mass is 989 g/mol. The second kappa shape index (κ2) is 19.8. The molecule has 23 nitrogen and oxygen atoms in total. The Bertz CT molecular complexity index is 2790. The predicted molar refractivity (Wildman–Crippen MR) is 239 cm³/mol. The molecule has 2 aliphatic heterocycles. The van der Waals surface area contributed by atoms with Gasteiger partial charge < -0.3 is 90.3 Å². The van der Waals surface area contributed by atoms with Crippen molar-refractivity contribution in [1.82, 2.24) is 10.2 Å². The number of ether oxygens (including phenoxy) is 6. The fraction of sp³-hybridized carbons (Fsp3) is 0.396. The SMILES string of the molecule is COc1cc(O)c2c(c1)C(=O)c1c(cc3c(c1O)-c1c(cc(C)c(C(=O)N[C@@H](CN)C(=O)O)c1O)[C@H](O[C@@H]1O[C@H](C)[C@H](N(C)C(=O)OCc4ccccc4)[C@H](O[C@@H]4OC[C@@H](O)[C@H](O)[C@H]4O)[C@H]1O)[C@H]3O)C2=O. The number of methoxy groups -OCH3 is 1. The van der Waals surface area contributed by atoms with Crippen LogP contribution in [0, 0.1) is 6.92 Å². The second-order valence-electron chi connectivity index (χ2n) is 17.5. The Kier molecular flexibility index (Phi) is 14.1. The molecule has 23 heteroatoms. The number of fused-ring (bicyclic) bond motifs is 5. The van der Waals surface area contributed by atoms with Crippen molar-refractivity contribution in [1.29, 1.82) is 0 Å². The van der Waals surface area contributed by atoms with Crippen molar-refractivity contribution in [3.05, 3.63) is 105 Å². The van der Waals surface area contributed by atoms with Gasteiger partial charge in [-0.3, -0.25) is 14.4 Å². The van der Waals surface area contributed by atoms with Crippen LogP contribution < -0.4 is 15.8 Å². The number of carbonyl (C=O) groups is 5. The molecule has 2 fully saturated rings. The van der Waals surface area contributed by atoms with Crippen LogP contribution in [0.4, 0.5) is 4.79 Å². The Labute approximate surface area is 403 Å². The molecule has 2 saturated heterocycles. The molecule has 8 rings (SSSR count). The second-order valence-corrected chi connectivity index (χ2v) is 17.5. The summed E-state index contributed by atoms with van der Waals surface area (Å²) >= 11 is 0. The first-order valence-electron chi connectivity index (χ1n) is 22.1. The van der Waals surface area contributed by atoms with Crippen LogP contribution in [-0.2, 0) is 35.1 Å². The van der Waals surface area contributed by atoms with Gasteiger partial charge in [-0.2, -0.15) is 0 Å². The molecule has 0 radical (unpaired) electrons. The number of likely N-dealkylation sites (N-methyl/N-ethyl adjacent to an activating group) is 1. The Hall–Kier alpha value is -6.77. The first-order valence-corrected chi connectivity index (χ1v) is 22.1. The number of benzene rings is 4. The van der Waals surface area contributed by atoms with Gasteiger partial charge in [-0.1, -0.05) is 36.4 Å². The van der Waals surface area contributed by atoms with Gasteiger partial charge in [-0.25, -0.2) is 9.59 Å². The third kappa shape index (κ3) is 8.90. The Morgan fingerprint density at radius 1 is 0.845 bits per heavy atom. The van der Waals surface area contributed by atoms with Gasteiger partial charge in [-0.05, 0) is 48.2 Å². The fourth-order valence-electron chi connectivity index (χ4n) is 9.48. The number of hydrogen-bond acceptors (Lipinski definition) is 20. The average molecular weight is 990 g/mol. The van der Waals surface area contributed by atoms with Gasteiger partial charge in [0.05, 0.1) is 42.6 Å². The number of carboxylic acid groups (broad SMARTS) is 1. The highest BCUT2D eigenvalue weighted by Crippen LogP contribution is 2.57. The molecule has 0 bridgehead atoms. The van der Waals surface area contributed by atoms with Gasteiger partial charge in [0.1, 0.15) is 78.4 Å². The van der Waals surface area contributed by atoms with E-state index in [1.165, 1.54) is 40.1 Å². The van der Waals surface area contributed by atoms with Gasteiger partial charge in [0.15, 0.2) is 24.1 Å². The smallest absolute Gasteiger partial charge is 0.410 e. The van der Waals surface area contributed by atoms with E-state index < -0.39 is 167 Å².